The maximum atomic E-state index is 10.1. The van der Waals surface area contributed by atoms with Crippen molar-refractivity contribution >= 4 is 11.9 Å². The Morgan fingerprint density at radius 3 is 2.22 bits per heavy atom. The molecule has 0 aromatic rings. The Bertz CT molecular complexity index is 142. The number of aliphatic imine (C=N–C) groups is 1. The van der Waals surface area contributed by atoms with Crippen molar-refractivity contribution in [3.63, 3.8) is 0 Å². The highest BCUT2D eigenvalue weighted by molar-refractivity contribution is 5.92. The van der Waals surface area contributed by atoms with Crippen molar-refractivity contribution in [2.24, 2.45) is 4.99 Å². The molecule has 0 spiro atoms. The standard InChI is InChI=1S/C5H10N2O2/c1-4(6-2)7(3)5(8)9/h1-3H3,(H,8,9)/b6-4-. The minimum atomic E-state index is -0.988. The van der Waals surface area contributed by atoms with Gasteiger partial charge in [0.05, 0.1) is 0 Å². The number of carbonyl (C=O) groups is 1. The molecule has 0 aromatic carbocycles. The summed E-state index contributed by atoms with van der Waals surface area (Å²) in [5, 5.41) is 8.33. The Labute approximate surface area is 53.8 Å². The van der Waals surface area contributed by atoms with Crippen LogP contribution in [0.4, 0.5) is 4.79 Å². The zero-order valence-corrected chi connectivity index (χ0v) is 5.75. The monoisotopic (exact) mass is 130 g/mol. The number of rotatable bonds is 0. The summed E-state index contributed by atoms with van der Waals surface area (Å²) in [6.07, 6.45) is -0.988. The lowest BCUT2D eigenvalue weighted by Gasteiger charge is -2.09. The molecule has 0 aliphatic carbocycles. The molecule has 0 atom stereocenters. The van der Waals surface area contributed by atoms with Crippen molar-refractivity contribution in [1.82, 2.24) is 4.90 Å². The molecule has 4 heteroatoms. The van der Waals surface area contributed by atoms with Crippen molar-refractivity contribution in [3.8, 4) is 0 Å². The Morgan fingerprint density at radius 1 is 1.67 bits per heavy atom. The van der Waals surface area contributed by atoms with E-state index >= 15 is 0 Å². The Kier molecular flexibility index (Phi) is 2.70. The average Bonchev–Trinajstić information content (AvgIpc) is 1.84. The number of hydrogen-bond donors (Lipinski definition) is 1. The van der Waals surface area contributed by atoms with Crippen molar-refractivity contribution in [3.05, 3.63) is 0 Å². The summed E-state index contributed by atoms with van der Waals surface area (Å²) in [6, 6.07) is 0. The first kappa shape index (κ1) is 7.94. The van der Waals surface area contributed by atoms with Crippen LogP contribution in [0.3, 0.4) is 0 Å². The fourth-order valence-electron chi connectivity index (χ4n) is 0.288. The van der Waals surface area contributed by atoms with Crippen LogP contribution < -0.4 is 0 Å². The lowest BCUT2D eigenvalue weighted by atomic mass is 10.6. The number of carboxylic acid groups (broad SMARTS) is 1. The number of amides is 1. The molecule has 0 radical (unpaired) electrons. The molecule has 1 N–H and O–H groups in total. The van der Waals surface area contributed by atoms with Crippen molar-refractivity contribution in [2.45, 2.75) is 6.92 Å². The lowest BCUT2D eigenvalue weighted by molar-refractivity contribution is 0.175. The first-order valence-electron chi connectivity index (χ1n) is 2.49. The van der Waals surface area contributed by atoms with E-state index in [4.69, 9.17) is 5.11 Å². The van der Waals surface area contributed by atoms with Crippen LogP contribution in [-0.4, -0.2) is 36.0 Å². The zero-order chi connectivity index (χ0) is 7.44. The maximum absolute atomic E-state index is 10.1. The van der Waals surface area contributed by atoms with Gasteiger partial charge in [0.2, 0.25) is 0 Å². The number of nitrogens with zero attached hydrogens (tertiary/aromatic N) is 2. The highest BCUT2D eigenvalue weighted by atomic mass is 16.4. The van der Waals surface area contributed by atoms with Gasteiger partial charge < -0.3 is 5.11 Å². The summed E-state index contributed by atoms with van der Waals surface area (Å²) in [4.78, 5) is 14.9. The SMILES string of the molecule is C/N=C(/C)N(C)C(=O)O. The van der Waals surface area contributed by atoms with Gasteiger partial charge in [-0.1, -0.05) is 0 Å². The Balaban J connectivity index is 4.04. The smallest absolute Gasteiger partial charge is 0.412 e. The minimum Gasteiger partial charge on any atom is -0.465 e. The van der Waals surface area contributed by atoms with Crippen molar-refractivity contribution < 1.29 is 9.90 Å². The number of hydrogen-bond acceptors (Lipinski definition) is 2. The van der Waals surface area contributed by atoms with E-state index in [1.54, 1.807) is 14.0 Å². The number of amidine groups is 1. The molecule has 0 aliphatic rings. The second-order valence-corrected chi connectivity index (χ2v) is 1.61. The fraction of sp³-hybridized carbons (Fsp3) is 0.600. The Hall–Kier alpha value is -1.06. The zero-order valence-electron chi connectivity index (χ0n) is 5.75. The van der Waals surface area contributed by atoms with Crippen molar-refractivity contribution in [1.29, 1.82) is 0 Å². The first-order valence-corrected chi connectivity index (χ1v) is 2.49. The molecule has 9 heavy (non-hydrogen) atoms. The van der Waals surface area contributed by atoms with E-state index in [9.17, 15) is 4.79 Å². The molecule has 4 nitrogen and oxygen atoms in total. The van der Waals surface area contributed by atoms with Crippen LogP contribution in [-0.2, 0) is 0 Å². The van der Waals surface area contributed by atoms with Gasteiger partial charge in [0.1, 0.15) is 5.84 Å². The van der Waals surface area contributed by atoms with Gasteiger partial charge >= 0.3 is 6.09 Å². The van der Waals surface area contributed by atoms with E-state index < -0.39 is 6.09 Å². The van der Waals surface area contributed by atoms with Gasteiger partial charge in [0.15, 0.2) is 0 Å². The predicted molar refractivity (Wildman–Crippen MR) is 34.8 cm³/mol. The highest BCUT2D eigenvalue weighted by Gasteiger charge is 2.05. The first-order chi connectivity index (χ1) is 4.09. The lowest BCUT2D eigenvalue weighted by Crippen LogP contribution is -2.29. The van der Waals surface area contributed by atoms with Gasteiger partial charge in [-0.2, -0.15) is 0 Å². The molecule has 0 saturated carbocycles. The van der Waals surface area contributed by atoms with Crippen LogP contribution >= 0.6 is 0 Å². The van der Waals surface area contributed by atoms with E-state index in [0.717, 1.165) is 4.90 Å². The molecular weight excluding hydrogens is 120 g/mol. The van der Waals surface area contributed by atoms with Gasteiger partial charge in [0, 0.05) is 14.1 Å². The fourth-order valence-corrected chi connectivity index (χ4v) is 0.288. The summed E-state index contributed by atoms with van der Waals surface area (Å²) in [5.41, 5.74) is 0. The quantitative estimate of drug-likeness (QED) is 0.386. The molecule has 0 aromatic heterocycles. The third-order valence-electron chi connectivity index (χ3n) is 1.10. The summed E-state index contributed by atoms with van der Waals surface area (Å²) >= 11 is 0. The molecule has 0 heterocycles. The molecule has 0 rings (SSSR count). The van der Waals surface area contributed by atoms with Gasteiger partial charge in [-0.3, -0.25) is 9.89 Å². The third kappa shape index (κ3) is 2.12. The van der Waals surface area contributed by atoms with Crippen LogP contribution in [0.2, 0.25) is 0 Å². The summed E-state index contributed by atoms with van der Waals surface area (Å²) in [7, 11) is 3.00. The predicted octanol–water partition coefficient (Wildman–Crippen LogP) is 0.644. The topological polar surface area (TPSA) is 52.9 Å². The highest BCUT2D eigenvalue weighted by Crippen LogP contribution is 1.85. The molecular formula is C5H10N2O2. The van der Waals surface area contributed by atoms with Crippen LogP contribution in [0, 0.1) is 0 Å². The largest absolute Gasteiger partial charge is 0.465 e. The van der Waals surface area contributed by atoms with E-state index in [1.165, 1.54) is 7.05 Å². The second-order valence-electron chi connectivity index (χ2n) is 1.61. The van der Waals surface area contributed by atoms with Crippen LogP contribution in [0.15, 0.2) is 4.99 Å². The third-order valence-corrected chi connectivity index (χ3v) is 1.10. The second kappa shape index (κ2) is 3.06. The summed E-state index contributed by atoms with van der Waals surface area (Å²) < 4.78 is 0. The van der Waals surface area contributed by atoms with E-state index in [1.807, 2.05) is 0 Å². The minimum absolute atomic E-state index is 0.488. The molecule has 1 amide bonds. The Morgan fingerprint density at radius 2 is 2.11 bits per heavy atom. The van der Waals surface area contributed by atoms with Crippen LogP contribution in [0.25, 0.3) is 0 Å². The van der Waals surface area contributed by atoms with Gasteiger partial charge in [-0.25, -0.2) is 4.79 Å². The van der Waals surface area contributed by atoms with Crippen molar-refractivity contribution in [2.75, 3.05) is 14.1 Å². The molecule has 0 unspecified atom stereocenters. The van der Waals surface area contributed by atoms with Gasteiger partial charge in [0.25, 0.3) is 0 Å². The summed E-state index contributed by atoms with van der Waals surface area (Å²) in [6.45, 7) is 1.63. The molecule has 0 bridgehead atoms. The average molecular weight is 130 g/mol. The normalized spacial score (nSPS) is 11.2. The molecule has 52 valence electrons. The van der Waals surface area contributed by atoms with Crippen LogP contribution in [0.1, 0.15) is 6.92 Å². The van der Waals surface area contributed by atoms with Crippen LogP contribution in [0.5, 0.6) is 0 Å². The van der Waals surface area contributed by atoms with Gasteiger partial charge in [-0.15, -0.1) is 0 Å². The van der Waals surface area contributed by atoms with E-state index in [-0.39, 0.29) is 0 Å². The van der Waals surface area contributed by atoms with E-state index in [0.29, 0.717) is 5.84 Å². The molecule has 0 aliphatic heterocycles. The summed E-state index contributed by atoms with van der Waals surface area (Å²) in [5.74, 6) is 0.488. The molecule has 0 fully saturated rings. The van der Waals surface area contributed by atoms with E-state index in [2.05, 4.69) is 4.99 Å². The maximum Gasteiger partial charge on any atom is 0.412 e. The van der Waals surface area contributed by atoms with Gasteiger partial charge in [-0.05, 0) is 6.92 Å². The molecule has 0 saturated heterocycles.